The first-order valence-electron chi connectivity index (χ1n) is 7.55. The lowest BCUT2D eigenvalue weighted by atomic mass is 9.57. The van der Waals surface area contributed by atoms with Crippen LogP contribution in [0.2, 0.25) is 0 Å². The van der Waals surface area contributed by atoms with Crippen LogP contribution in [0.15, 0.2) is 24.3 Å². The van der Waals surface area contributed by atoms with E-state index in [2.05, 4.69) is 20.8 Å². The molecule has 1 fully saturated rings. The Morgan fingerprint density at radius 1 is 1.32 bits per heavy atom. The lowest BCUT2D eigenvalue weighted by molar-refractivity contribution is -0.152. The summed E-state index contributed by atoms with van der Waals surface area (Å²) in [4.78, 5) is 12.0. The monoisotopic (exact) mass is 262 g/mol. The molecule has 0 saturated heterocycles. The second-order valence-electron chi connectivity index (χ2n) is 6.77. The van der Waals surface area contributed by atoms with Crippen molar-refractivity contribution in [3.05, 3.63) is 24.3 Å². The first-order chi connectivity index (χ1) is 8.97. The molecular weight excluding hydrogens is 236 g/mol. The van der Waals surface area contributed by atoms with Gasteiger partial charge in [-0.3, -0.25) is 4.79 Å². The number of rotatable bonds is 3. The van der Waals surface area contributed by atoms with E-state index < -0.39 is 11.4 Å². The molecule has 0 aromatic carbocycles. The molecule has 0 radical (unpaired) electrons. The van der Waals surface area contributed by atoms with Gasteiger partial charge in [0.05, 0.1) is 5.41 Å². The molecule has 2 heteroatoms. The van der Waals surface area contributed by atoms with Gasteiger partial charge >= 0.3 is 5.97 Å². The maximum atomic E-state index is 12.0. The molecule has 0 spiro atoms. The van der Waals surface area contributed by atoms with E-state index in [1.807, 2.05) is 24.3 Å². The summed E-state index contributed by atoms with van der Waals surface area (Å²) in [5.41, 5.74) is -0.668. The van der Waals surface area contributed by atoms with Gasteiger partial charge in [-0.2, -0.15) is 0 Å². The number of aliphatic carboxylic acids is 1. The van der Waals surface area contributed by atoms with Crippen LogP contribution in [-0.2, 0) is 4.79 Å². The van der Waals surface area contributed by atoms with E-state index >= 15 is 0 Å². The Kier molecular flexibility index (Phi) is 4.17. The van der Waals surface area contributed by atoms with E-state index in [1.165, 1.54) is 12.8 Å². The number of carboxylic acid groups (broad SMARTS) is 1. The van der Waals surface area contributed by atoms with Crippen molar-refractivity contribution in [3.8, 4) is 0 Å². The third kappa shape index (κ3) is 2.63. The highest BCUT2D eigenvalue weighted by atomic mass is 16.4. The predicted molar refractivity (Wildman–Crippen MR) is 77.8 cm³/mol. The molecule has 0 bridgehead atoms. The predicted octanol–water partition coefficient (Wildman–Crippen LogP) is 4.28. The Morgan fingerprint density at radius 3 is 2.58 bits per heavy atom. The van der Waals surface area contributed by atoms with Crippen LogP contribution in [0.25, 0.3) is 0 Å². The highest BCUT2D eigenvalue weighted by molar-refractivity contribution is 5.78. The van der Waals surface area contributed by atoms with Crippen LogP contribution >= 0.6 is 0 Å². The number of hydrogen-bond donors (Lipinski definition) is 1. The van der Waals surface area contributed by atoms with E-state index in [0.29, 0.717) is 24.2 Å². The molecule has 2 aliphatic carbocycles. The maximum absolute atomic E-state index is 12.0. The van der Waals surface area contributed by atoms with Crippen molar-refractivity contribution < 1.29 is 9.90 Å². The largest absolute Gasteiger partial charge is 0.481 e. The molecule has 106 valence electrons. The van der Waals surface area contributed by atoms with Gasteiger partial charge in [-0.25, -0.2) is 0 Å². The molecule has 0 aliphatic heterocycles. The summed E-state index contributed by atoms with van der Waals surface area (Å²) < 4.78 is 0. The van der Waals surface area contributed by atoms with Crippen LogP contribution < -0.4 is 0 Å². The van der Waals surface area contributed by atoms with Crippen LogP contribution in [0.4, 0.5) is 0 Å². The average molecular weight is 262 g/mol. The molecule has 2 aliphatic rings. The second-order valence-corrected chi connectivity index (χ2v) is 6.77. The summed E-state index contributed by atoms with van der Waals surface area (Å²) >= 11 is 0. The molecule has 0 aromatic heterocycles. The SMILES string of the molecule is CC1CCC(C(C)C)C(C2(C(=O)O)C=CC=CC2)C1. The van der Waals surface area contributed by atoms with E-state index in [-0.39, 0.29) is 5.92 Å². The molecular formula is C17H26O2. The highest BCUT2D eigenvalue weighted by Gasteiger charge is 2.49. The molecule has 2 rings (SSSR count). The van der Waals surface area contributed by atoms with Crippen LogP contribution in [0.5, 0.6) is 0 Å². The number of carboxylic acids is 1. The van der Waals surface area contributed by atoms with Crippen LogP contribution in [0.3, 0.4) is 0 Å². The van der Waals surface area contributed by atoms with Gasteiger partial charge in [0.15, 0.2) is 0 Å². The molecule has 4 atom stereocenters. The van der Waals surface area contributed by atoms with Crippen molar-refractivity contribution in [1.29, 1.82) is 0 Å². The summed E-state index contributed by atoms with van der Waals surface area (Å²) in [6.07, 6.45) is 12.0. The fourth-order valence-electron chi connectivity index (χ4n) is 4.02. The third-order valence-corrected chi connectivity index (χ3v) is 5.18. The van der Waals surface area contributed by atoms with Crippen molar-refractivity contribution in [1.82, 2.24) is 0 Å². The molecule has 2 nitrogen and oxygen atoms in total. The zero-order valence-corrected chi connectivity index (χ0v) is 12.3. The van der Waals surface area contributed by atoms with Crippen LogP contribution in [0, 0.1) is 29.1 Å². The van der Waals surface area contributed by atoms with Gasteiger partial charge in [0.1, 0.15) is 0 Å². The topological polar surface area (TPSA) is 37.3 Å². The highest BCUT2D eigenvalue weighted by Crippen LogP contribution is 2.50. The summed E-state index contributed by atoms with van der Waals surface area (Å²) in [7, 11) is 0. The molecule has 0 heterocycles. The van der Waals surface area contributed by atoms with Crippen molar-refractivity contribution in [2.24, 2.45) is 29.1 Å². The minimum Gasteiger partial charge on any atom is -0.481 e. The zero-order chi connectivity index (χ0) is 14.0. The molecule has 0 aromatic rings. The van der Waals surface area contributed by atoms with Gasteiger partial charge < -0.3 is 5.11 Å². The third-order valence-electron chi connectivity index (χ3n) is 5.18. The molecule has 4 unspecified atom stereocenters. The molecule has 1 saturated carbocycles. The summed E-state index contributed by atoms with van der Waals surface area (Å²) in [5, 5.41) is 9.84. The quantitative estimate of drug-likeness (QED) is 0.824. The summed E-state index contributed by atoms with van der Waals surface area (Å²) in [5.74, 6) is 1.37. The first kappa shape index (κ1) is 14.4. The summed E-state index contributed by atoms with van der Waals surface area (Å²) in [6, 6.07) is 0. The molecule has 1 N–H and O–H groups in total. The molecule has 0 amide bonds. The van der Waals surface area contributed by atoms with Gasteiger partial charge in [-0.05, 0) is 42.9 Å². The van der Waals surface area contributed by atoms with Crippen molar-refractivity contribution >= 4 is 5.97 Å². The minimum atomic E-state index is -0.668. The molecule has 19 heavy (non-hydrogen) atoms. The lowest BCUT2D eigenvalue weighted by Crippen LogP contribution is -2.45. The number of carbonyl (C=O) groups is 1. The second kappa shape index (κ2) is 5.52. The smallest absolute Gasteiger partial charge is 0.314 e. The van der Waals surface area contributed by atoms with Crippen LogP contribution in [-0.4, -0.2) is 11.1 Å². The Morgan fingerprint density at radius 2 is 2.05 bits per heavy atom. The van der Waals surface area contributed by atoms with Gasteiger partial charge in [0.25, 0.3) is 0 Å². The van der Waals surface area contributed by atoms with Crippen molar-refractivity contribution in [3.63, 3.8) is 0 Å². The Balaban J connectivity index is 2.35. The maximum Gasteiger partial charge on any atom is 0.314 e. The number of hydrogen-bond acceptors (Lipinski definition) is 1. The Labute approximate surface area is 116 Å². The first-order valence-corrected chi connectivity index (χ1v) is 7.55. The zero-order valence-electron chi connectivity index (χ0n) is 12.3. The average Bonchev–Trinajstić information content (AvgIpc) is 2.38. The van der Waals surface area contributed by atoms with Gasteiger partial charge in [-0.15, -0.1) is 0 Å². The van der Waals surface area contributed by atoms with Gasteiger partial charge in [0.2, 0.25) is 0 Å². The standard InChI is InChI=1S/C17H26O2/c1-12(2)14-8-7-13(3)11-15(14)17(16(18)19)9-5-4-6-10-17/h4-6,9,12-15H,7-8,10-11H2,1-3H3,(H,18,19). The van der Waals surface area contributed by atoms with E-state index in [4.69, 9.17) is 0 Å². The lowest BCUT2D eigenvalue weighted by Gasteiger charge is -2.46. The summed E-state index contributed by atoms with van der Waals surface area (Å²) in [6.45, 7) is 6.75. The number of allylic oxidation sites excluding steroid dienone is 3. The fourth-order valence-corrected chi connectivity index (χ4v) is 4.02. The van der Waals surface area contributed by atoms with E-state index in [1.54, 1.807) is 0 Å². The van der Waals surface area contributed by atoms with Gasteiger partial charge in [0, 0.05) is 0 Å². The fraction of sp³-hybridized carbons (Fsp3) is 0.706. The van der Waals surface area contributed by atoms with Gasteiger partial charge in [-0.1, -0.05) is 51.5 Å². The van der Waals surface area contributed by atoms with Crippen molar-refractivity contribution in [2.45, 2.75) is 46.5 Å². The van der Waals surface area contributed by atoms with Crippen molar-refractivity contribution in [2.75, 3.05) is 0 Å². The Hall–Kier alpha value is -1.05. The minimum absolute atomic E-state index is 0.273. The Bertz CT molecular complexity index is 394. The normalized spacial score (nSPS) is 38.6. The van der Waals surface area contributed by atoms with Crippen LogP contribution in [0.1, 0.15) is 46.5 Å². The van der Waals surface area contributed by atoms with E-state index in [0.717, 1.165) is 6.42 Å². The van der Waals surface area contributed by atoms with E-state index in [9.17, 15) is 9.90 Å².